The predicted octanol–water partition coefficient (Wildman–Crippen LogP) is 2.19. The zero-order chi connectivity index (χ0) is 13.2. The number of phenolic OH excluding ortho intramolecular Hbond substituents is 1. The van der Waals surface area contributed by atoms with E-state index >= 15 is 0 Å². The van der Waals surface area contributed by atoms with Crippen LogP contribution < -0.4 is 5.73 Å². The molecule has 1 aromatic carbocycles. The van der Waals surface area contributed by atoms with Gasteiger partial charge < -0.3 is 15.9 Å². The minimum atomic E-state index is -1.32. The molecule has 1 rings (SSSR count). The van der Waals surface area contributed by atoms with E-state index in [0.717, 1.165) is 0 Å². The Morgan fingerprint density at radius 2 is 2.12 bits per heavy atom. The van der Waals surface area contributed by atoms with Crippen LogP contribution in [-0.2, 0) is 4.79 Å². The van der Waals surface area contributed by atoms with Gasteiger partial charge in [0, 0.05) is 12.5 Å². The Balaban J connectivity index is 3.07. The second kappa shape index (κ2) is 5.29. The van der Waals surface area contributed by atoms with Gasteiger partial charge in [0.2, 0.25) is 0 Å². The second-order valence-electron chi connectivity index (χ2n) is 3.46. The molecule has 0 amide bonds. The zero-order valence-corrected chi connectivity index (χ0v) is 9.34. The number of carbonyl (C=O) groups is 1. The number of nitrogens with two attached hydrogens (primary N) is 1. The van der Waals surface area contributed by atoms with Gasteiger partial charge in [0.25, 0.3) is 0 Å². The third kappa shape index (κ3) is 3.04. The summed E-state index contributed by atoms with van der Waals surface area (Å²) in [6, 6.07) is -0.515. The molecule has 0 saturated carbocycles. The van der Waals surface area contributed by atoms with Crippen molar-refractivity contribution in [3.8, 4) is 5.75 Å². The Morgan fingerprint density at radius 1 is 1.53 bits per heavy atom. The number of phenols is 1. The summed E-state index contributed by atoms with van der Waals surface area (Å²) in [7, 11) is 0. The molecule has 0 aliphatic rings. The summed E-state index contributed by atoms with van der Waals surface area (Å²) in [6.07, 6.45) is -0.465. The van der Waals surface area contributed by atoms with E-state index in [4.69, 9.17) is 22.4 Å². The fourth-order valence-corrected chi connectivity index (χ4v) is 1.56. The number of aliphatic carboxylic acids is 1. The van der Waals surface area contributed by atoms with Gasteiger partial charge in [0.05, 0.1) is 10.6 Å². The average molecular weight is 266 g/mol. The predicted molar refractivity (Wildman–Crippen MR) is 56.8 cm³/mol. The molecule has 1 aromatic rings. The quantitative estimate of drug-likeness (QED) is 0.729. The van der Waals surface area contributed by atoms with Crippen molar-refractivity contribution in [2.75, 3.05) is 0 Å². The van der Waals surface area contributed by atoms with Crippen molar-refractivity contribution >= 4 is 17.6 Å². The highest BCUT2D eigenvalue weighted by molar-refractivity contribution is 6.32. The molecule has 0 saturated heterocycles. The number of halogens is 3. The number of hydrogen-bond donors (Lipinski definition) is 3. The molecule has 1 unspecified atom stereocenters. The minimum absolute atomic E-state index is 0.139. The Morgan fingerprint density at radius 3 is 2.65 bits per heavy atom. The molecule has 94 valence electrons. The number of carboxylic acids is 1. The van der Waals surface area contributed by atoms with Crippen LogP contribution in [0, 0.1) is 11.6 Å². The number of carboxylic acid groups (broad SMARTS) is 1. The third-order valence-electron chi connectivity index (χ3n) is 2.22. The van der Waals surface area contributed by atoms with E-state index in [0.29, 0.717) is 6.07 Å². The van der Waals surface area contributed by atoms with Crippen molar-refractivity contribution in [3.05, 3.63) is 28.3 Å². The smallest absolute Gasteiger partial charge is 0.303 e. The number of benzene rings is 1. The first-order valence-electron chi connectivity index (χ1n) is 4.68. The van der Waals surface area contributed by atoms with Crippen molar-refractivity contribution in [1.29, 1.82) is 0 Å². The molecule has 0 aliphatic heterocycles. The first-order valence-corrected chi connectivity index (χ1v) is 5.06. The Bertz CT molecular complexity index is 427. The molecule has 1 atom stereocenters. The zero-order valence-electron chi connectivity index (χ0n) is 8.58. The number of rotatable bonds is 4. The van der Waals surface area contributed by atoms with E-state index in [1.807, 2.05) is 0 Å². The lowest BCUT2D eigenvalue weighted by Gasteiger charge is -2.14. The maximum atomic E-state index is 13.4. The molecule has 0 aliphatic carbocycles. The van der Waals surface area contributed by atoms with Crippen LogP contribution in [0.3, 0.4) is 0 Å². The minimum Gasteiger partial charge on any atom is -0.506 e. The average Bonchev–Trinajstić information content (AvgIpc) is 2.24. The Labute approximate surface area is 101 Å². The van der Waals surface area contributed by atoms with Crippen molar-refractivity contribution < 1.29 is 23.8 Å². The molecular weight excluding hydrogens is 256 g/mol. The van der Waals surface area contributed by atoms with E-state index < -0.39 is 35.0 Å². The molecule has 0 bridgehead atoms. The molecule has 17 heavy (non-hydrogen) atoms. The molecule has 0 heterocycles. The van der Waals surface area contributed by atoms with Gasteiger partial charge >= 0.3 is 5.97 Å². The summed E-state index contributed by atoms with van der Waals surface area (Å²) in [4.78, 5) is 10.3. The van der Waals surface area contributed by atoms with Crippen LogP contribution in [0.15, 0.2) is 6.07 Å². The Kier molecular flexibility index (Phi) is 4.25. The molecule has 0 radical (unpaired) electrons. The lowest BCUT2D eigenvalue weighted by Crippen LogP contribution is -2.15. The van der Waals surface area contributed by atoms with E-state index in [2.05, 4.69) is 0 Å². The summed E-state index contributed by atoms with van der Waals surface area (Å²) in [6.45, 7) is 0. The maximum absolute atomic E-state index is 13.4. The first-order chi connectivity index (χ1) is 7.84. The van der Waals surface area contributed by atoms with E-state index in [1.54, 1.807) is 0 Å². The highest BCUT2D eigenvalue weighted by Gasteiger charge is 2.22. The van der Waals surface area contributed by atoms with Crippen LogP contribution >= 0.6 is 11.6 Å². The molecule has 0 aromatic heterocycles. The topological polar surface area (TPSA) is 83.6 Å². The van der Waals surface area contributed by atoms with Gasteiger partial charge in [-0.2, -0.15) is 0 Å². The summed E-state index contributed by atoms with van der Waals surface area (Å²) < 4.78 is 26.4. The molecule has 7 heteroatoms. The molecule has 0 fully saturated rings. The van der Waals surface area contributed by atoms with Crippen molar-refractivity contribution in [2.45, 2.75) is 18.9 Å². The van der Waals surface area contributed by atoms with Crippen LogP contribution in [0.2, 0.25) is 5.02 Å². The molecule has 4 nitrogen and oxygen atoms in total. The van der Waals surface area contributed by atoms with Crippen LogP contribution in [0.4, 0.5) is 8.78 Å². The summed E-state index contributed by atoms with van der Waals surface area (Å²) in [5.41, 5.74) is 4.99. The summed E-state index contributed by atoms with van der Waals surface area (Å²) in [5, 5.41) is 17.5. The number of hydrogen-bond acceptors (Lipinski definition) is 3. The van der Waals surface area contributed by atoms with Crippen LogP contribution in [-0.4, -0.2) is 16.2 Å². The SMILES string of the molecule is NC(CCC(=O)O)c1c(O)c(Cl)cc(F)c1F. The fourth-order valence-electron chi connectivity index (χ4n) is 1.37. The first kappa shape index (κ1) is 13.7. The molecular formula is C10H10ClF2NO3. The van der Waals surface area contributed by atoms with E-state index in [9.17, 15) is 18.7 Å². The number of aromatic hydroxyl groups is 1. The monoisotopic (exact) mass is 265 g/mol. The Hall–Kier alpha value is -1.40. The van der Waals surface area contributed by atoms with Gasteiger partial charge in [-0.05, 0) is 12.5 Å². The van der Waals surface area contributed by atoms with Gasteiger partial charge in [-0.3, -0.25) is 4.79 Å². The van der Waals surface area contributed by atoms with E-state index in [-0.39, 0.29) is 17.9 Å². The van der Waals surface area contributed by atoms with Crippen molar-refractivity contribution in [3.63, 3.8) is 0 Å². The van der Waals surface area contributed by atoms with Crippen LogP contribution in [0.1, 0.15) is 24.4 Å². The summed E-state index contributed by atoms with van der Waals surface area (Å²) in [5.74, 6) is -4.34. The van der Waals surface area contributed by atoms with Gasteiger partial charge in [-0.15, -0.1) is 0 Å². The van der Waals surface area contributed by atoms with Gasteiger partial charge in [0.1, 0.15) is 5.75 Å². The molecule has 4 N–H and O–H groups in total. The maximum Gasteiger partial charge on any atom is 0.303 e. The summed E-state index contributed by atoms with van der Waals surface area (Å²) >= 11 is 5.47. The van der Waals surface area contributed by atoms with E-state index in [1.165, 1.54) is 0 Å². The third-order valence-corrected chi connectivity index (χ3v) is 2.51. The lowest BCUT2D eigenvalue weighted by atomic mass is 10.0. The van der Waals surface area contributed by atoms with Crippen LogP contribution in [0.5, 0.6) is 5.75 Å². The van der Waals surface area contributed by atoms with Crippen LogP contribution in [0.25, 0.3) is 0 Å². The standard InChI is InChI=1S/C10H10ClF2NO3/c11-4-3-5(12)9(13)8(10(4)17)6(14)1-2-7(15)16/h3,6,17H,1-2,14H2,(H,15,16). The van der Waals surface area contributed by atoms with Crippen molar-refractivity contribution in [2.24, 2.45) is 5.73 Å². The van der Waals surface area contributed by atoms with Gasteiger partial charge in [0.15, 0.2) is 11.6 Å². The highest BCUT2D eigenvalue weighted by atomic mass is 35.5. The van der Waals surface area contributed by atoms with Gasteiger partial charge in [-0.25, -0.2) is 8.78 Å². The second-order valence-corrected chi connectivity index (χ2v) is 3.86. The fraction of sp³-hybridized carbons (Fsp3) is 0.300. The normalized spacial score (nSPS) is 12.5. The molecule has 0 spiro atoms. The van der Waals surface area contributed by atoms with Gasteiger partial charge in [-0.1, -0.05) is 11.6 Å². The van der Waals surface area contributed by atoms with Crippen molar-refractivity contribution in [1.82, 2.24) is 0 Å². The highest BCUT2D eigenvalue weighted by Crippen LogP contribution is 2.35. The largest absolute Gasteiger partial charge is 0.506 e. The lowest BCUT2D eigenvalue weighted by molar-refractivity contribution is -0.137.